The minimum absolute atomic E-state index is 0.0956. The van der Waals surface area contributed by atoms with Crippen molar-refractivity contribution in [3.05, 3.63) is 31.5 Å². The normalized spacial score (nSPS) is 10.4. The first-order valence-corrected chi connectivity index (χ1v) is 6.44. The van der Waals surface area contributed by atoms with Crippen LogP contribution in [0.15, 0.2) is 22.7 Å². The summed E-state index contributed by atoms with van der Waals surface area (Å²) >= 11 is 11.3. The number of nitrogens with zero attached hydrogens (tertiary/aromatic N) is 3. The molecule has 0 atom stereocenters. The van der Waals surface area contributed by atoms with Crippen LogP contribution in [-0.2, 0) is 0 Å². The number of benzene rings is 1. The molecule has 16 heavy (non-hydrogen) atoms. The molecule has 0 aliphatic rings. The predicted octanol–water partition coefficient (Wildman–Crippen LogP) is 3.14. The lowest BCUT2D eigenvalue weighted by atomic mass is 10.2. The zero-order valence-corrected chi connectivity index (χ0v) is 12.3. The second-order valence-electron chi connectivity index (χ2n) is 2.91. The van der Waals surface area contributed by atoms with Crippen LogP contribution in [0, 0.1) is 3.57 Å². The third-order valence-electron chi connectivity index (χ3n) is 1.79. The van der Waals surface area contributed by atoms with Crippen LogP contribution in [0.3, 0.4) is 0 Å². The Kier molecular flexibility index (Phi) is 3.60. The first kappa shape index (κ1) is 12.0. The van der Waals surface area contributed by atoms with Gasteiger partial charge < -0.3 is 5.73 Å². The van der Waals surface area contributed by atoms with Crippen LogP contribution in [0.25, 0.3) is 11.4 Å². The molecule has 0 spiro atoms. The number of hydrogen-bond donors (Lipinski definition) is 1. The molecule has 1 aromatic heterocycles. The fourth-order valence-corrected chi connectivity index (χ4v) is 2.26. The van der Waals surface area contributed by atoms with E-state index in [-0.39, 0.29) is 11.2 Å². The van der Waals surface area contributed by atoms with Gasteiger partial charge in [0.15, 0.2) is 5.82 Å². The van der Waals surface area contributed by atoms with E-state index in [1.54, 1.807) is 0 Å². The first-order chi connectivity index (χ1) is 7.56. The van der Waals surface area contributed by atoms with Gasteiger partial charge in [-0.05, 0) is 52.4 Å². The van der Waals surface area contributed by atoms with Crippen molar-refractivity contribution in [3.63, 3.8) is 0 Å². The summed E-state index contributed by atoms with van der Waals surface area (Å²) in [7, 11) is 0. The van der Waals surface area contributed by atoms with Gasteiger partial charge in [-0.15, -0.1) is 0 Å². The van der Waals surface area contributed by atoms with E-state index in [4.69, 9.17) is 17.3 Å². The summed E-state index contributed by atoms with van der Waals surface area (Å²) < 4.78 is 1.96. The zero-order chi connectivity index (χ0) is 11.7. The maximum absolute atomic E-state index is 5.74. The maximum atomic E-state index is 5.74. The molecule has 0 unspecified atom stereocenters. The quantitative estimate of drug-likeness (QED) is 0.733. The van der Waals surface area contributed by atoms with Gasteiger partial charge in [0.1, 0.15) is 0 Å². The van der Waals surface area contributed by atoms with Gasteiger partial charge in [0.2, 0.25) is 11.2 Å². The van der Waals surface area contributed by atoms with E-state index in [1.165, 1.54) is 0 Å². The minimum atomic E-state index is 0.0956. The molecule has 82 valence electrons. The molecule has 0 saturated heterocycles. The molecule has 2 aromatic rings. The predicted molar refractivity (Wildman–Crippen MR) is 75.1 cm³/mol. The Hall–Kier alpha value is -0.470. The highest BCUT2D eigenvalue weighted by Crippen LogP contribution is 2.26. The van der Waals surface area contributed by atoms with E-state index in [1.807, 2.05) is 18.2 Å². The van der Waals surface area contributed by atoms with Gasteiger partial charge in [-0.1, -0.05) is 15.9 Å². The Labute approximate surface area is 119 Å². The van der Waals surface area contributed by atoms with Gasteiger partial charge in [-0.25, -0.2) is 0 Å². The summed E-state index contributed by atoms with van der Waals surface area (Å²) in [6.07, 6.45) is 0. The summed E-state index contributed by atoms with van der Waals surface area (Å²) in [5.41, 5.74) is 6.39. The van der Waals surface area contributed by atoms with Crippen LogP contribution in [0.5, 0.6) is 0 Å². The summed E-state index contributed by atoms with van der Waals surface area (Å²) in [4.78, 5) is 11.8. The van der Waals surface area contributed by atoms with E-state index >= 15 is 0 Å². The third-order valence-corrected chi connectivity index (χ3v) is 3.40. The molecule has 4 nitrogen and oxygen atoms in total. The van der Waals surface area contributed by atoms with Gasteiger partial charge in [0, 0.05) is 13.6 Å². The third kappa shape index (κ3) is 2.61. The van der Waals surface area contributed by atoms with Crippen molar-refractivity contribution < 1.29 is 0 Å². The summed E-state index contributed by atoms with van der Waals surface area (Å²) in [6.45, 7) is 0. The number of halogens is 3. The largest absolute Gasteiger partial charge is 0.368 e. The summed E-state index contributed by atoms with van der Waals surface area (Å²) in [5, 5.41) is 0.0956. The summed E-state index contributed by atoms with van der Waals surface area (Å²) in [6, 6.07) is 5.80. The van der Waals surface area contributed by atoms with Gasteiger partial charge in [0.05, 0.1) is 0 Å². The van der Waals surface area contributed by atoms with Crippen molar-refractivity contribution in [2.45, 2.75) is 0 Å². The van der Waals surface area contributed by atoms with E-state index in [0.717, 1.165) is 13.6 Å². The van der Waals surface area contributed by atoms with Gasteiger partial charge in [-0.3, -0.25) is 0 Å². The Bertz CT molecular complexity index is 529. The average Bonchev–Trinajstić information content (AvgIpc) is 2.20. The van der Waals surface area contributed by atoms with Crippen molar-refractivity contribution in [2.75, 3.05) is 5.73 Å². The molecule has 2 N–H and O–H groups in total. The van der Waals surface area contributed by atoms with Crippen LogP contribution in [0.2, 0.25) is 5.28 Å². The Morgan fingerprint density at radius 1 is 1.25 bits per heavy atom. The van der Waals surface area contributed by atoms with Crippen LogP contribution >= 0.6 is 50.1 Å². The number of aromatic nitrogens is 3. The van der Waals surface area contributed by atoms with Crippen LogP contribution in [0.4, 0.5) is 5.95 Å². The molecule has 0 amide bonds. The van der Waals surface area contributed by atoms with Crippen LogP contribution in [0.1, 0.15) is 0 Å². The average molecular weight is 411 g/mol. The van der Waals surface area contributed by atoms with Gasteiger partial charge in [-0.2, -0.15) is 15.0 Å². The molecule has 0 bridgehead atoms. The molecular formula is C9H5BrClIN4. The second kappa shape index (κ2) is 4.80. The highest BCUT2D eigenvalue weighted by molar-refractivity contribution is 14.1. The lowest BCUT2D eigenvalue weighted by Gasteiger charge is -2.04. The van der Waals surface area contributed by atoms with Gasteiger partial charge >= 0.3 is 0 Å². The standard InChI is InChI=1S/C9H5BrClIN4/c10-4-1-2-6(12)5(3-4)7-14-8(11)16-9(13)15-7/h1-3H,(H2,13,14,15,16). The van der Waals surface area contributed by atoms with Crippen molar-refractivity contribution in [2.24, 2.45) is 0 Å². The van der Waals surface area contributed by atoms with E-state index in [0.29, 0.717) is 5.82 Å². The second-order valence-corrected chi connectivity index (χ2v) is 5.33. The molecule has 0 aliphatic carbocycles. The molecule has 0 saturated carbocycles. The van der Waals surface area contributed by atoms with Crippen LogP contribution < -0.4 is 5.73 Å². The molecule has 7 heteroatoms. The van der Waals surface area contributed by atoms with Gasteiger partial charge in [0.25, 0.3) is 0 Å². The highest BCUT2D eigenvalue weighted by Gasteiger charge is 2.09. The Morgan fingerprint density at radius 3 is 2.69 bits per heavy atom. The molecular weight excluding hydrogens is 406 g/mol. The number of hydrogen-bond acceptors (Lipinski definition) is 4. The fraction of sp³-hybridized carbons (Fsp3) is 0. The van der Waals surface area contributed by atoms with Crippen LogP contribution in [-0.4, -0.2) is 15.0 Å². The zero-order valence-electron chi connectivity index (χ0n) is 7.78. The van der Waals surface area contributed by atoms with E-state index < -0.39 is 0 Å². The maximum Gasteiger partial charge on any atom is 0.227 e. The van der Waals surface area contributed by atoms with Crippen molar-refractivity contribution in [1.29, 1.82) is 0 Å². The lowest BCUT2D eigenvalue weighted by Crippen LogP contribution is -2.00. The first-order valence-electron chi connectivity index (χ1n) is 4.19. The number of rotatable bonds is 1. The van der Waals surface area contributed by atoms with E-state index in [2.05, 4.69) is 53.5 Å². The Balaban J connectivity index is 2.62. The van der Waals surface area contributed by atoms with Crippen molar-refractivity contribution in [3.8, 4) is 11.4 Å². The number of nitrogen functional groups attached to an aromatic ring is 1. The molecule has 2 rings (SSSR count). The highest BCUT2D eigenvalue weighted by atomic mass is 127. The minimum Gasteiger partial charge on any atom is -0.368 e. The topological polar surface area (TPSA) is 64.7 Å². The number of nitrogens with two attached hydrogens (primary N) is 1. The molecule has 1 heterocycles. The molecule has 0 aliphatic heterocycles. The Morgan fingerprint density at radius 2 is 2.00 bits per heavy atom. The smallest absolute Gasteiger partial charge is 0.227 e. The fourth-order valence-electron chi connectivity index (χ4n) is 1.15. The van der Waals surface area contributed by atoms with Crippen molar-refractivity contribution in [1.82, 2.24) is 15.0 Å². The van der Waals surface area contributed by atoms with E-state index in [9.17, 15) is 0 Å². The SMILES string of the molecule is Nc1nc(Cl)nc(-c2cc(Br)ccc2I)n1. The molecule has 0 fully saturated rings. The van der Waals surface area contributed by atoms with Crippen molar-refractivity contribution >= 4 is 56.1 Å². The number of anilines is 1. The summed E-state index contributed by atoms with van der Waals surface area (Å²) in [5.74, 6) is 0.592. The molecule has 0 radical (unpaired) electrons. The molecule has 1 aromatic carbocycles. The lowest BCUT2D eigenvalue weighted by molar-refractivity contribution is 1.07. The monoisotopic (exact) mass is 410 g/mol.